The maximum atomic E-state index is 12.5. The van der Waals surface area contributed by atoms with Crippen LogP contribution < -0.4 is 10.1 Å². The molecule has 2 atom stereocenters. The van der Waals surface area contributed by atoms with E-state index >= 15 is 0 Å². The monoisotopic (exact) mass is 369 g/mol. The Bertz CT molecular complexity index is 888. The third kappa shape index (κ3) is 4.66. The topological polar surface area (TPSA) is 84.2 Å². The van der Waals surface area contributed by atoms with Gasteiger partial charge in [0.2, 0.25) is 5.44 Å². The van der Waals surface area contributed by atoms with Crippen molar-refractivity contribution in [2.45, 2.75) is 17.9 Å². The molecule has 1 aromatic carbocycles. The Hall–Kier alpha value is -2.74. The van der Waals surface area contributed by atoms with Gasteiger partial charge in [-0.1, -0.05) is 5.92 Å². The van der Waals surface area contributed by atoms with Crippen LogP contribution in [0.4, 0.5) is 0 Å². The third-order valence-electron chi connectivity index (χ3n) is 3.57. The van der Waals surface area contributed by atoms with E-state index in [9.17, 15) is 10.1 Å². The first kappa shape index (κ1) is 19.6. The summed E-state index contributed by atoms with van der Waals surface area (Å²) in [7, 11) is 1.47. The van der Waals surface area contributed by atoms with Crippen molar-refractivity contribution >= 4 is 28.6 Å². The lowest BCUT2D eigenvalue weighted by atomic mass is 10.1. The molecule has 1 N–H and O–H groups in total. The van der Waals surface area contributed by atoms with Gasteiger partial charge >= 0.3 is 0 Å². The average molecular weight is 369 g/mol. The molecule has 1 heterocycles. The zero-order chi connectivity index (χ0) is 19.2. The van der Waals surface area contributed by atoms with Gasteiger partial charge in [-0.2, -0.15) is 5.26 Å². The molecule has 1 aromatic heterocycles. The number of hydrogen-bond donors (Lipinski definition) is 1. The molecule has 0 radical (unpaired) electrons. The minimum Gasteiger partial charge on any atom is -0.470 e. The van der Waals surface area contributed by atoms with Crippen molar-refractivity contribution in [1.82, 2.24) is 10.3 Å². The van der Waals surface area contributed by atoms with Gasteiger partial charge in [-0.05, 0) is 37.4 Å². The Labute approximate surface area is 156 Å². The van der Waals surface area contributed by atoms with Crippen LogP contribution in [0.25, 0.3) is 10.9 Å². The zero-order valence-corrected chi connectivity index (χ0v) is 15.6. The van der Waals surface area contributed by atoms with Crippen molar-refractivity contribution in [1.29, 1.82) is 5.26 Å². The molecule has 0 aliphatic heterocycles. The molecule has 0 saturated carbocycles. The van der Waals surface area contributed by atoms with Gasteiger partial charge in [0.25, 0.3) is 5.91 Å². The Morgan fingerprint density at radius 1 is 1.50 bits per heavy atom. The Kier molecular flexibility index (Phi) is 6.46. The maximum absolute atomic E-state index is 12.5. The molecule has 0 aliphatic rings. The standard InChI is InChI=1S/C19H19N3O3S/c1-5-13-8-14-9-15(6-7-16(14)21-10-13)25-18(26-4)17(23)22-19(2,11-20)12-24-3/h1,6-10,18H,12H2,2-4H3,(H,22,23). The summed E-state index contributed by atoms with van der Waals surface area (Å²) in [6, 6.07) is 9.18. The number of carbonyl (C=O) groups is 1. The predicted molar refractivity (Wildman–Crippen MR) is 102 cm³/mol. The van der Waals surface area contributed by atoms with Crippen LogP contribution in [0.5, 0.6) is 5.75 Å². The first-order valence-corrected chi connectivity index (χ1v) is 9.01. The van der Waals surface area contributed by atoms with E-state index in [0.29, 0.717) is 11.3 Å². The number of hydrogen-bond acceptors (Lipinski definition) is 6. The predicted octanol–water partition coefficient (Wildman–Crippen LogP) is 2.33. The second kappa shape index (κ2) is 8.57. The summed E-state index contributed by atoms with van der Waals surface area (Å²) in [5, 5.41) is 12.7. The number of fused-ring (bicyclic) bond motifs is 1. The number of thioether (sulfide) groups is 1. The van der Waals surface area contributed by atoms with Gasteiger partial charge in [0.15, 0.2) is 0 Å². The second-order valence-electron chi connectivity index (χ2n) is 5.77. The summed E-state index contributed by atoms with van der Waals surface area (Å²) in [4.78, 5) is 16.8. The first-order chi connectivity index (χ1) is 12.4. The summed E-state index contributed by atoms with van der Waals surface area (Å²) in [5.74, 6) is 2.64. The van der Waals surface area contributed by atoms with Crippen molar-refractivity contribution in [2.75, 3.05) is 20.0 Å². The van der Waals surface area contributed by atoms with Crippen molar-refractivity contribution in [3.8, 4) is 24.2 Å². The summed E-state index contributed by atoms with van der Waals surface area (Å²) < 4.78 is 10.8. The Morgan fingerprint density at radius 2 is 2.27 bits per heavy atom. The van der Waals surface area contributed by atoms with Crippen molar-refractivity contribution in [3.05, 3.63) is 36.0 Å². The van der Waals surface area contributed by atoms with Crippen molar-refractivity contribution in [3.63, 3.8) is 0 Å². The number of nitrogens with one attached hydrogen (secondary N) is 1. The fourth-order valence-corrected chi connectivity index (χ4v) is 2.79. The van der Waals surface area contributed by atoms with Gasteiger partial charge in [0.05, 0.1) is 18.2 Å². The number of rotatable bonds is 7. The summed E-state index contributed by atoms with van der Waals surface area (Å²) in [6.07, 6.45) is 8.78. The lowest BCUT2D eigenvalue weighted by Gasteiger charge is -2.25. The van der Waals surface area contributed by atoms with Crippen LogP contribution in [0, 0.1) is 23.7 Å². The molecule has 0 spiro atoms. The van der Waals surface area contributed by atoms with E-state index < -0.39 is 16.9 Å². The molecule has 0 fully saturated rings. The van der Waals surface area contributed by atoms with Crippen molar-refractivity contribution < 1.29 is 14.3 Å². The number of nitrogens with zero attached hydrogens (tertiary/aromatic N) is 2. The SMILES string of the molecule is C#Cc1cnc2ccc(OC(SC)C(=O)NC(C)(C#N)COC)cc2c1. The largest absolute Gasteiger partial charge is 0.470 e. The molecule has 134 valence electrons. The minimum atomic E-state index is -1.13. The van der Waals surface area contributed by atoms with E-state index in [2.05, 4.69) is 16.2 Å². The molecule has 0 aliphatic carbocycles. The van der Waals surface area contributed by atoms with Gasteiger partial charge in [-0.3, -0.25) is 9.78 Å². The molecule has 1 amide bonds. The fourth-order valence-electron chi connectivity index (χ4n) is 2.31. The van der Waals surface area contributed by atoms with E-state index in [0.717, 1.165) is 10.9 Å². The summed E-state index contributed by atoms with van der Waals surface area (Å²) in [6.45, 7) is 1.67. The number of aromatic nitrogens is 1. The van der Waals surface area contributed by atoms with E-state index in [1.54, 1.807) is 37.6 Å². The number of pyridine rings is 1. The highest BCUT2D eigenvalue weighted by atomic mass is 32.2. The summed E-state index contributed by atoms with van der Waals surface area (Å²) in [5.41, 5.74) is -0.504. The minimum absolute atomic E-state index is 0.0762. The van der Waals surface area contributed by atoms with Gasteiger partial charge in [0.1, 0.15) is 11.3 Å². The third-order valence-corrected chi connectivity index (χ3v) is 4.31. The molecule has 0 bridgehead atoms. The van der Waals surface area contributed by atoms with Crippen LogP contribution in [0.1, 0.15) is 12.5 Å². The second-order valence-corrected chi connectivity index (χ2v) is 6.67. The molecule has 2 unspecified atom stereocenters. The highest BCUT2D eigenvalue weighted by Crippen LogP contribution is 2.23. The Balaban J connectivity index is 2.19. The molecule has 0 saturated heterocycles. The molecule has 2 aromatic rings. The molecule has 7 heteroatoms. The van der Waals surface area contributed by atoms with Crippen LogP contribution in [-0.2, 0) is 9.53 Å². The molecular formula is C19H19N3O3S. The highest BCUT2D eigenvalue weighted by Gasteiger charge is 2.30. The van der Waals surface area contributed by atoms with Gasteiger partial charge in [-0.15, -0.1) is 18.2 Å². The quantitative estimate of drug-likeness (QED) is 0.596. The average Bonchev–Trinajstić information content (AvgIpc) is 2.65. The molecule has 26 heavy (non-hydrogen) atoms. The lowest BCUT2D eigenvalue weighted by Crippen LogP contribution is -2.52. The lowest BCUT2D eigenvalue weighted by molar-refractivity contribution is -0.126. The smallest absolute Gasteiger partial charge is 0.273 e. The summed E-state index contributed by atoms with van der Waals surface area (Å²) >= 11 is 1.22. The van der Waals surface area contributed by atoms with Crippen LogP contribution in [-0.4, -0.2) is 41.8 Å². The van der Waals surface area contributed by atoms with Crippen molar-refractivity contribution in [2.24, 2.45) is 0 Å². The van der Waals surface area contributed by atoms with Crippen LogP contribution in [0.2, 0.25) is 0 Å². The number of nitriles is 1. The highest BCUT2D eigenvalue weighted by molar-refractivity contribution is 7.99. The number of amides is 1. The van der Waals surface area contributed by atoms with Crippen LogP contribution >= 0.6 is 11.8 Å². The number of carbonyl (C=O) groups excluding carboxylic acids is 1. The fraction of sp³-hybridized carbons (Fsp3) is 0.316. The normalized spacial score (nSPS) is 13.9. The van der Waals surface area contributed by atoms with E-state index in [1.165, 1.54) is 18.9 Å². The number of terminal acetylenes is 1. The van der Waals surface area contributed by atoms with E-state index in [-0.39, 0.29) is 6.61 Å². The van der Waals surface area contributed by atoms with Gasteiger partial charge in [-0.25, -0.2) is 0 Å². The number of ether oxygens (including phenoxy) is 2. The van der Waals surface area contributed by atoms with Gasteiger partial charge in [0, 0.05) is 24.3 Å². The van der Waals surface area contributed by atoms with E-state index in [1.807, 2.05) is 12.1 Å². The van der Waals surface area contributed by atoms with E-state index in [4.69, 9.17) is 15.9 Å². The Morgan fingerprint density at radius 3 is 2.88 bits per heavy atom. The number of methoxy groups -OCH3 is 1. The van der Waals surface area contributed by atoms with Gasteiger partial charge < -0.3 is 14.8 Å². The first-order valence-electron chi connectivity index (χ1n) is 7.73. The number of benzene rings is 1. The maximum Gasteiger partial charge on any atom is 0.273 e. The molecule has 6 nitrogen and oxygen atoms in total. The zero-order valence-electron chi connectivity index (χ0n) is 14.8. The van der Waals surface area contributed by atoms with Crippen LogP contribution in [0.3, 0.4) is 0 Å². The van der Waals surface area contributed by atoms with Crippen LogP contribution in [0.15, 0.2) is 30.5 Å². The molecular weight excluding hydrogens is 350 g/mol. The molecule has 2 rings (SSSR count).